The number of nitrogens with zero attached hydrogens (tertiary/aromatic N) is 2. The summed E-state index contributed by atoms with van der Waals surface area (Å²) in [5.74, 6) is -0.293. The maximum atomic E-state index is 13.0. The molecule has 0 spiro atoms. The molecule has 0 bridgehead atoms. The number of fused-ring (bicyclic) bond motifs is 1. The highest BCUT2D eigenvalue weighted by molar-refractivity contribution is 7.99. The van der Waals surface area contributed by atoms with Gasteiger partial charge in [-0.3, -0.25) is 4.79 Å². The van der Waals surface area contributed by atoms with Crippen LogP contribution in [0.2, 0.25) is 0 Å². The van der Waals surface area contributed by atoms with Gasteiger partial charge in [0.25, 0.3) is 0 Å². The van der Waals surface area contributed by atoms with E-state index in [0.29, 0.717) is 23.6 Å². The van der Waals surface area contributed by atoms with Gasteiger partial charge in [-0.2, -0.15) is 13.2 Å². The number of benzene rings is 1. The highest BCUT2D eigenvalue weighted by atomic mass is 32.2. The van der Waals surface area contributed by atoms with Gasteiger partial charge in [0.15, 0.2) is 15.0 Å². The third kappa shape index (κ3) is 5.44. The topological polar surface area (TPSA) is 81.1 Å². The molecule has 1 aliphatic heterocycles. The Kier molecular flexibility index (Phi) is 6.47. The molecule has 11 heteroatoms. The number of aryl methyl sites for hydroxylation is 1. The Hall–Kier alpha value is -1.75. The lowest BCUT2D eigenvalue weighted by Crippen LogP contribution is -2.36. The number of thioether (sulfide) groups is 1. The van der Waals surface area contributed by atoms with Crippen molar-refractivity contribution in [2.45, 2.75) is 50.1 Å². The van der Waals surface area contributed by atoms with Crippen LogP contribution in [-0.2, 0) is 27.4 Å². The van der Waals surface area contributed by atoms with E-state index >= 15 is 0 Å². The van der Waals surface area contributed by atoms with Crippen LogP contribution in [0.1, 0.15) is 31.7 Å². The van der Waals surface area contributed by atoms with Crippen LogP contribution in [0.5, 0.6) is 0 Å². The number of amides is 1. The van der Waals surface area contributed by atoms with Crippen molar-refractivity contribution in [2.24, 2.45) is 0 Å². The van der Waals surface area contributed by atoms with E-state index in [0.717, 1.165) is 36.7 Å². The maximum Gasteiger partial charge on any atom is 0.416 e. The van der Waals surface area contributed by atoms with Crippen molar-refractivity contribution in [2.75, 3.05) is 17.3 Å². The standard InChI is InChI=1S/C18H22F3N3O3S2/c1-2-3-7-24-15-5-4-12(18(19,20)21)9-14(15)23-17(24)28-10-16(25)22-13-6-8-29(26,27)11-13/h4-5,9,13H,2-3,6-8,10-11H2,1H3,(H,22,25). The summed E-state index contributed by atoms with van der Waals surface area (Å²) >= 11 is 1.14. The SMILES string of the molecule is CCCCn1c(SCC(=O)NC2CCS(=O)(=O)C2)nc2cc(C(F)(F)F)ccc21. The number of carbonyl (C=O) groups is 1. The second kappa shape index (κ2) is 8.55. The summed E-state index contributed by atoms with van der Waals surface area (Å²) in [5, 5.41) is 3.18. The van der Waals surface area contributed by atoms with Gasteiger partial charge in [0.2, 0.25) is 5.91 Å². The number of hydrogen-bond acceptors (Lipinski definition) is 5. The van der Waals surface area contributed by atoms with Crippen LogP contribution in [0, 0.1) is 0 Å². The number of sulfone groups is 1. The smallest absolute Gasteiger partial charge is 0.352 e. The summed E-state index contributed by atoms with van der Waals surface area (Å²) in [6.07, 6.45) is -2.32. The first kappa shape index (κ1) is 21.9. The van der Waals surface area contributed by atoms with E-state index in [2.05, 4.69) is 10.3 Å². The Morgan fingerprint density at radius 2 is 2.14 bits per heavy atom. The molecule has 1 N–H and O–H groups in total. The molecule has 0 radical (unpaired) electrons. The minimum Gasteiger partial charge on any atom is -0.352 e. The molecule has 1 atom stereocenters. The lowest BCUT2D eigenvalue weighted by Gasteiger charge is -2.11. The van der Waals surface area contributed by atoms with Crippen molar-refractivity contribution >= 4 is 38.5 Å². The van der Waals surface area contributed by atoms with E-state index in [1.807, 2.05) is 11.5 Å². The van der Waals surface area contributed by atoms with Gasteiger partial charge in [-0.15, -0.1) is 0 Å². The van der Waals surface area contributed by atoms with Crippen molar-refractivity contribution in [3.8, 4) is 0 Å². The third-order valence-electron chi connectivity index (χ3n) is 4.71. The quantitative estimate of drug-likeness (QED) is 0.657. The number of aromatic nitrogens is 2. The molecule has 29 heavy (non-hydrogen) atoms. The molecule has 3 rings (SSSR count). The number of carbonyl (C=O) groups excluding carboxylic acids is 1. The highest BCUT2D eigenvalue weighted by Crippen LogP contribution is 2.33. The summed E-state index contributed by atoms with van der Waals surface area (Å²) in [7, 11) is -3.09. The summed E-state index contributed by atoms with van der Waals surface area (Å²) in [5.41, 5.74) is 0.0684. The molecule has 2 heterocycles. The number of unbranched alkanes of at least 4 members (excludes halogenated alkanes) is 1. The van der Waals surface area contributed by atoms with E-state index in [1.165, 1.54) is 6.07 Å². The Morgan fingerprint density at radius 3 is 2.76 bits per heavy atom. The van der Waals surface area contributed by atoms with Crippen LogP contribution in [0.25, 0.3) is 11.0 Å². The second-order valence-corrected chi connectivity index (χ2v) is 10.2. The molecule has 1 unspecified atom stereocenters. The minimum absolute atomic E-state index is 0.0120. The van der Waals surface area contributed by atoms with Crippen molar-refractivity contribution in [3.63, 3.8) is 0 Å². The van der Waals surface area contributed by atoms with Gasteiger partial charge < -0.3 is 9.88 Å². The molecule has 1 saturated heterocycles. The minimum atomic E-state index is -4.45. The monoisotopic (exact) mass is 449 g/mol. The van der Waals surface area contributed by atoms with E-state index in [1.54, 1.807) is 0 Å². The average molecular weight is 450 g/mol. The van der Waals surface area contributed by atoms with E-state index in [9.17, 15) is 26.4 Å². The zero-order chi connectivity index (χ0) is 21.2. The predicted molar refractivity (Wildman–Crippen MR) is 106 cm³/mol. The number of rotatable bonds is 7. The van der Waals surface area contributed by atoms with Crippen LogP contribution in [-0.4, -0.2) is 47.2 Å². The number of imidazole rings is 1. The Bertz CT molecular complexity index is 1000. The normalized spacial score (nSPS) is 19.0. The largest absolute Gasteiger partial charge is 0.416 e. The van der Waals surface area contributed by atoms with Crippen LogP contribution in [0.15, 0.2) is 23.4 Å². The summed E-state index contributed by atoms with van der Waals surface area (Å²) in [4.78, 5) is 16.5. The van der Waals surface area contributed by atoms with Crippen LogP contribution >= 0.6 is 11.8 Å². The maximum absolute atomic E-state index is 13.0. The summed E-state index contributed by atoms with van der Waals surface area (Å²) < 4.78 is 63.8. The molecule has 1 aromatic heterocycles. The predicted octanol–water partition coefficient (Wildman–Crippen LogP) is 3.25. The lowest BCUT2D eigenvalue weighted by molar-refractivity contribution is -0.137. The van der Waals surface area contributed by atoms with Gasteiger partial charge in [0, 0.05) is 12.6 Å². The van der Waals surface area contributed by atoms with Crippen LogP contribution in [0.3, 0.4) is 0 Å². The van der Waals surface area contributed by atoms with Crippen LogP contribution < -0.4 is 5.32 Å². The molecule has 1 aromatic carbocycles. The van der Waals surface area contributed by atoms with E-state index < -0.39 is 21.6 Å². The Balaban J connectivity index is 1.75. The molecular weight excluding hydrogens is 427 g/mol. The number of nitrogens with one attached hydrogen (secondary N) is 1. The fraction of sp³-hybridized carbons (Fsp3) is 0.556. The van der Waals surface area contributed by atoms with Gasteiger partial charge in [-0.1, -0.05) is 25.1 Å². The van der Waals surface area contributed by atoms with Gasteiger partial charge in [-0.05, 0) is 31.0 Å². The van der Waals surface area contributed by atoms with Crippen LogP contribution in [0.4, 0.5) is 13.2 Å². The molecule has 1 fully saturated rings. The lowest BCUT2D eigenvalue weighted by atomic mass is 10.2. The molecule has 1 amide bonds. The number of alkyl halides is 3. The van der Waals surface area contributed by atoms with Gasteiger partial charge in [0.1, 0.15) is 0 Å². The van der Waals surface area contributed by atoms with E-state index in [-0.39, 0.29) is 34.7 Å². The first-order valence-corrected chi connectivity index (χ1v) is 12.1. The van der Waals surface area contributed by atoms with Gasteiger partial charge >= 0.3 is 6.18 Å². The molecule has 0 aliphatic carbocycles. The Labute approximate surface area is 171 Å². The van der Waals surface area contributed by atoms with Gasteiger partial charge in [0.05, 0.1) is 33.9 Å². The molecule has 160 valence electrons. The first-order valence-electron chi connectivity index (χ1n) is 9.29. The van der Waals surface area contributed by atoms with Crippen molar-refractivity contribution in [3.05, 3.63) is 23.8 Å². The highest BCUT2D eigenvalue weighted by Gasteiger charge is 2.31. The van der Waals surface area contributed by atoms with Crippen molar-refractivity contribution in [1.82, 2.24) is 14.9 Å². The second-order valence-electron chi connectivity index (χ2n) is 7.06. The number of halogens is 3. The van der Waals surface area contributed by atoms with E-state index in [4.69, 9.17) is 0 Å². The first-order chi connectivity index (χ1) is 13.6. The molecular formula is C18H22F3N3O3S2. The molecule has 1 aliphatic rings. The molecule has 0 saturated carbocycles. The zero-order valence-corrected chi connectivity index (χ0v) is 17.5. The summed E-state index contributed by atoms with van der Waals surface area (Å²) in [6.45, 7) is 2.60. The fourth-order valence-electron chi connectivity index (χ4n) is 3.23. The van der Waals surface area contributed by atoms with Gasteiger partial charge in [-0.25, -0.2) is 13.4 Å². The fourth-order valence-corrected chi connectivity index (χ4v) is 5.76. The van der Waals surface area contributed by atoms with Crippen molar-refractivity contribution < 1.29 is 26.4 Å². The molecule has 2 aromatic rings. The van der Waals surface area contributed by atoms with Crippen molar-refractivity contribution in [1.29, 1.82) is 0 Å². The third-order valence-corrected chi connectivity index (χ3v) is 7.45. The zero-order valence-electron chi connectivity index (χ0n) is 15.8. The molecule has 6 nitrogen and oxygen atoms in total. The Morgan fingerprint density at radius 1 is 1.38 bits per heavy atom. The average Bonchev–Trinajstić information content (AvgIpc) is 3.15. The summed E-state index contributed by atoms with van der Waals surface area (Å²) in [6, 6.07) is 3.08. The number of hydrogen-bond donors (Lipinski definition) is 1.